The number of hydrogen-bond acceptors (Lipinski definition) is 3. The van der Waals surface area contributed by atoms with E-state index >= 15 is 0 Å². The highest BCUT2D eigenvalue weighted by atomic mass is 19.2. The summed E-state index contributed by atoms with van der Waals surface area (Å²) in [6.07, 6.45) is 0. The number of ether oxygens (including phenoxy) is 2. The van der Waals surface area contributed by atoms with Crippen molar-refractivity contribution in [3.63, 3.8) is 0 Å². The molecule has 0 aromatic heterocycles. The van der Waals surface area contributed by atoms with Crippen LogP contribution in [0.15, 0.2) is 36.4 Å². The molecule has 1 amide bonds. The van der Waals surface area contributed by atoms with Gasteiger partial charge in [-0.1, -0.05) is 12.1 Å². The molecule has 6 heteroatoms. The molecule has 0 saturated carbocycles. The van der Waals surface area contributed by atoms with Gasteiger partial charge in [-0.05, 0) is 25.1 Å². The van der Waals surface area contributed by atoms with E-state index in [-0.39, 0.29) is 24.7 Å². The summed E-state index contributed by atoms with van der Waals surface area (Å²) in [4.78, 5) is 13.7. The number of nitrogens with zero attached hydrogens (tertiary/aromatic N) is 1. The van der Waals surface area contributed by atoms with Crippen LogP contribution in [0.5, 0.6) is 11.5 Å². The standard InChI is InChI=1S/C17H15F2NO3/c1-2-22-15-5-3-4-11-9-20(16(21)10-23-17(11)15)12-6-7-13(18)14(19)8-12/h3-8H,2,9-10H2,1H3. The van der Waals surface area contributed by atoms with Gasteiger partial charge in [0.15, 0.2) is 29.7 Å². The third kappa shape index (κ3) is 2.97. The van der Waals surface area contributed by atoms with E-state index in [1.54, 1.807) is 12.1 Å². The maximum absolute atomic E-state index is 13.5. The fourth-order valence-corrected chi connectivity index (χ4v) is 2.48. The molecule has 2 aromatic carbocycles. The van der Waals surface area contributed by atoms with Crippen LogP contribution in [-0.2, 0) is 11.3 Å². The van der Waals surface area contributed by atoms with Crippen molar-refractivity contribution in [1.82, 2.24) is 0 Å². The van der Waals surface area contributed by atoms with Gasteiger partial charge < -0.3 is 14.4 Å². The van der Waals surface area contributed by atoms with E-state index in [0.717, 1.165) is 17.7 Å². The maximum Gasteiger partial charge on any atom is 0.265 e. The van der Waals surface area contributed by atoms with Crippen molar-refractivity contribution in [3.05, 3.63) is 53.6 Å². The first-order valence-corrected chi connectivity index (χ1v) is 7.23. The summed E-state index contributed by atoms with van der Waals surface area (Å²) in [5.74, 6) is -1.22. The number of para-hydroxylation sites is 1. The molecule has 0 radical (unpaired) electrons. The molecule has 23 heavy (non-hydrogen) atoms. The zero-order valence-corrected chi connectivity index (χ0v) is 12.5. The Hall–Kier alpha value is -2.63. The molecule has 2 aromatic rings. The lowest BCUT2D eigenvalue weighted by atomic mass is 10.1. The molecule has 1 aliphatic heterocycles. The summed E-state index contributed by atoms with van der Waals surface area (Å²) in [6.45, 7) is 2.33. The van der Waals surface area contributed by atoms with Crippen LogP contribution in [0.1, 0.15) is 12.5 Å². The molecule has 1 heterocycles. The Kier molecular flexibility index (Phi) is 4.14. The molecule has 4 nitrogen and oxygen atoms in total. The van der Waals surface area contributed by atoms with E-state index in [1.165, 1.54) is 11.0 Å². The second-order valence-electron chi connectivity index (χ2n) is 5.04. The second kappa shape index (κ2) is 6.24. The van der Waals surface area contributed by atoms with Gasteiger partial charge in [-0.2, -0.15) is 0 Å². The molecule has 0 saturated heterocycles. The lowest BCUT2D eigenvalue weighted by Gasteiger charge is -2.20. The van der Waals surface area contributed by atoms with E-state index in [4.69, 9.17) is 9.47 Å². The molecular weight excluding hydrogens is 304 g/mol. The number of carbonyl (C=O) groups is 1. The highest BCUT2D eigenvalue weighted by molar-refractivity contribution is 5.95. The molecule has 120 valence electrons. The maximum atomic E-state index is 13.5. The second-order valence-corrected chi connectivity index (χ2v) is 5.04. The Morgan fingerprint density at radius 2 is 2.04 bits per heavy atom. The molecular formula is C17H15F2NO3. The van der Waals surface area contributed by atoms with E-state index < -0.39 is 11.6 Å². The minimum absolute atomic E-state index is 0.195. The lowest BCUT2D eigenvalue weighted by molar-refractivity contribution is -0.120. The zero-order valence-electron chi connectivity index (χ0n) is 12.5. The monoisotopic (exact) mass is 319 g/mol. The zero-order chi connectivity index (χ0) is 16.4. The molecule has 0 aliphatic carbocycles. The van der Waals surface area contributed by atoms with Crippen LogP contribution in [-0.4, -0.2) is 19.1 Å². The third-order valence-electron chi connectivity index (χ3n) is 3.54. The normalized spacial score (nSPS) is 14.0. The van der Waals surface area contributed by atoms with Crippen molar-refractivity contribution in [2.75, 3.05) is 18.1 Å². The average molecular weight is 319 g/mol. The van der Waals surface area contributed by atoms with Crippen molar-refractivity contribution in [1.29, 1.82) is 0 Å². The van der Waals surface area contributed by atoms with E-state index in [9.17, 15) is 13.6 Å². The SMILES string of the molecule is CCOc1cccc2c1OCC(=O)N(c1ccc(F)c(F)c1)C2. The van der Waals surface area contributed by atoms with Gasteiger partial charge in [0.25, 0.3) is 5.91 Å². The minimum atomic E-state index is -0.997. The van der Waals surface area contributed by atoms with Crippen LogP contribution < -0.4 is 14.4 Å². The van der Waals surface area contributed by atoms with Crippen LogP contribution in [0, 0.1) is 11.6 Å². The highest BCUT2D eigenvalue weighted by Crippen LogP contribution is 2.35. The minimum Gasteiger partial charge on any atom is -0.490 e. The van der Waals surface area contributed by atoms with Crippen LogP contribution in [0.25, 0.3) is 0 Å². The predicted octanol–water partition coefficient (Wildman–Crippen LogP) is 3.29. The first-order chi connectivity index (χ1) is 11.1. The van der Waals surface area contributed by atoms with Crippen LogP contribution >= 0.6 is 0 Å². The molecule has 0 fully saturated rings. The number of carbonyl (C=O) groups excluding carboxylic acids is 1. The van der Waals surface area contributed by atoms with Crippen molar-refractivity contribution in [2.45, 2.75) is 13.5 Å². The van der Waals surface area contributed by atoms with Crippen molar-refractivity contribution >= 4 is 11.6 Å². The Bertz CT molecular complexity index is 749. The van der Waals surface area contributed by atoms with Gasteiger partial charge in [-0.3, -0.25) is 4.79 Å². The number of halogens is 2. The van der Waals surface area contributed by atoms with Crippen molar-refractivity contribution in [3.8, 4) is 11.5 Å². The van der Waals surface area contributed by atoms with Crippen LogP contribution in [0.2, 0.25) is 0 Å². The van der Waals surface area contributed by atoms with Crippen molar-refractivity contribution in [2.24, 2.45) is 0 Å². The molecule has 1 aliphatic rings. The highest BCUT2D eigenvalue weighted by Gasteiger charge is 2.25. The van der Waals surface area contributed by atoms with Crippen LogP contribution in [0.3, 0.4) is 0 Å². The van der Waals surface area contributed by atoms with Gasteiger partial charge in [-0.15, -0.1) is 0 Å². The van der Waals surface area contributed by atoms with Gasteiger partial charge in [0.1, 0.15) is 0 Å². The first-order valence-electron chi connectivity index (χ1n) is 7.23. The number of rotatable bonds is 3. The van der Waals surface area contributed by atoms with Gasteiger partial charge in [0, 0.05) is 17.3 Å². The quantitative estimate of drug-likeness (QED) is 0.871. The molecule has 0 bridgehead atoms. The number of amides is 1. The fourth-order valence-electron chi connectivity index (χ4n) is 2.48. The summed E-state index contributed by atoms with van der Waals surface area (Å²) in [7, 11) is 0. The van der Waals surface area contributed by atoms with Crippen molar-refractivity contribution < 1.29 is 23.0 Å². The van der Waals surface area contributed by atoms with E-state index in [0.29, 0.717) is 18.1 Å². The van der Waals surface area contributed by atoms with E-state index in [2.05, 4.69) is 0 Å². The summed E-state index contributed by atoms with van der Waals surface area (Å²) in [6, 6.07) is 8.75. The number of fused-ring (bicyclic) bond motifs is 1. The van der Waals surface area contributed by atoms with Crippen LogP contribution in [0.4, 0.5) is 14.5 Å². The van der Waals surface area contributed by atoms with E-state index in [1.807, 2.05) is 13.0 Å². The summed E-state index contributed by atoms with van der Waals surface area (Å²) < 4.78 is 37.6. The number of anilines is 1. The third-order valence-corrected chi connectivity index (χ3v) is 3.54. The largest absolute Gasteiger partial charge is 0.490 e. The number of hydrogen-bond donors (Lipinski definition) is 0. The van der Waals surface area contributed by atoms with Gasteiger partial charge in [0.05, 0.1) is 13.2 Å². The van der Waals surface area contributed by atoms with Gasteiger partial charge >= 0.3 is 0 Å². The Morgan fingerprint density at radius 3 is 2.78 bits per heavy atom. The summed E-state index contributed by atoms with van der Waals surface area (Å²) in [5.41, 5.74) is 1.03. The van der Waals surface area contributed by atoms with Gasteiger partial charge in [0.2, 0.25) is 0 Å². The van der Waals surface area contributed by atoms with Gasteiger partial charge in [-0.25, -0.2) is 8.78 Å². The molecule has 0 N–H and O–H groups in total. The molecule has 0 spiro atoms. The Morgan fingerprint density at radius 1 is 1.22 bits per heavy atom. The summed E-state index contributed by atoms with van der Waals surface area (Å²) >= 11 is 0. The fraction of sp³-hybridized carbons (Fsp3) is 0.235. The average Bonchev–Trinajstić information content (AvgIpc) is 2.71. The first kappa shape index (κ1) is 15.3. The molecule has 0 unspecified atom stereocenters. The topological polar surface area (TPSA) is 38.8 Å². The summed E-state index contributed by atoms with van der Waals surface area (Å²) in [5, 5.41) is 0. The number of benzene rings is 2. The molecule has 0 atom stereocenters. The molecule has 3 rings (SSSR count). The lowest BCUT2D eigenvalue weighted by Crippen LogP contribution is -2.32. The Labute approximate surface area is 132 Å². The Balaban J connectivity index is 1.98. The predicted molar refractivity (Wildman–Crippen MR) is 80.7 cm³/mol. The smallest absolute Gasteiger partial charge is 0.265 e.